The van der Waals surface area contributed by atoms with Crippen molar-refractivity contribution in [2.24, 2.45) is 0 Å². The van der Waals surface area contributed by atoms with E-state index < -0.39 is 11.7 Å². The van der Waals surface area contributed by atoms with Gasteiger partial charge in [0, 0.05) is 67.0 Å². The molecule has 1 N–H and O–H groups in total. The average molecular weight is 519 g/mol. The first-order chi connectivity index (χ1) is 17.4. The minimum absolute atomic E-state index is 0.0341. The molecule has 0 unspecified atom stereocenters. The van der Waals surface area contributed by atoms with Crippen LogP contribution < -0.4 is 10.2 Å². The van der Waals surface area contributed by atoms with Gasteiger partial charge in [0.05, 0.1) is 17.9 Å². The van der Waals surface area contributed by atoms with Gasteiger partial charge in [0.25, 0.3) is 0 Å². The summed E-state index contributed by atoms with van der Waals surface area (Å²) in [5.74, 6) is 1.81. The highest BCUT2D eigenvalue weighted by Crippen LogP contribution is 2.37. The molecule has 0 bridgehead atoms. The molecule has 190 valence electrons. The second kappa shape index (κ2) is 10.5. The Balaban J connectivity index is 1.38. The number of aromatic nitrogens is 4. The fraction of sp³-hybridized carbons (Fsp3) is 0.417. The van der Waals surface area contributed by atoms with Crippen LogP contribution in [0.5, 0.6) is 0 Å². The lowest BCUT2D eigenvalue weighted by Crippen LogP contribution is -2.31. The molecule has 2 aromatic heterocycles. The first-order valence-corrected chi connectivity index (χ1v) is 12.9. The topological polar surface area (TPSA) is 85.2 Å². The van der Waals surface area contributed by atoms with Gasteiger partial charge in [0.1, 0.15) is 5.56 Å². The van der Waals surface area contributed by atoms with Crippen LogP contribution >= 0.6 is 11.8 Å². The summed E-state index contributed by atoms with van der Waals surface area (Å²) in [4.78, 5) is 22.2. The van der Waals surface area contributed by atoms with E-state index in [1.807, 2.05) is 0 Å². The number of hydrogen-bond acceptors (Lipinski definition) is 7. The number of anilines is 3. The highest BCUT2D eigenvalue weighted by Gasteiger charge is 2.36. The van der Waals surface area contributed by atoms with Gasteiger partial charge in [-0.2, -0.15) is 30.0 Å². The Morgan fingerprint density at radius 3 is 2.61 bits per heavy atom. The number of ether oxygens (including phenoxy) is 1. The predicted molar refractivity (Wildman–Crippen MR) is 131 cm³/mol. The molecule has 1 amide bonds. The number of hydrogen-bond donors (Lipinski definition) is 1. The monoisotopic (exact) mass is 518 g/mol. The van der Waals surface area contributed by atoms with Crippen molar-refractivity contribution in [3.63, 3.8) is 0 Å². The summed E-state index contributed by atoms with van der Waals surface area (Å²) in [6.07, 6.45) is 1.18. The Labute approximate surface area is 210 Å². The van der Waals surface area contributed by atoms with Crippen molar-refractivity contribution in [1.82, 2.24) is 19.7 Å². The molecule has 0 radical (unpaired) electrons. The quantitative estimate of drug-likeness (QED) is 0.513. The smallest absolute Gasteiger partial charge is 0.381 e. The van der Waals surface area contributed by atoms with Crippen LogP contribution in [0.15, 0.2) is 42.9 Å². The lowest BCUT2D eigenvalue weighted by molar-refractivity contribution is -0.137. The molecule has 2 saturated heterocycles. The lowest BCUT2D eigenvalue weighted by atomic mass is 10.1. The summed E-state index contributed by atoms with van der Waals surface area (Å²) in [7, 11) is 0. The molecule has 0 atom stereocenters. The Hall–Kier alpha value is -3.12. The van der Waals surface area contributed by atoms with Gasteiger partial charge in [-0.25, -0.2) is 9.97 Å². The van der Waals surface area contributed by atoms with E-state index in [4.69, 9.17) is 4.74 Å². The van der Waals surface area contributed by atoms with Crippen LogP contribution in [0, 0.1) is 0 Å². The fourth-order valence-electron chi connectivity index (χ4n) is 4.28. The van der Waals surface area contributed by atoms with Gasteiger partial charge < -0.3 is 15.0 Å². The molecule has 36 heavy (non-hydrogen) atoms. The van der Waals surface area contributed by atoms with Crippen molar-refractivity contribution in [3.05, 3.63) is 48.4 Å². The number of halogens is 3. The molecule has 12 heteroatoms. The molecular weight excluding hydrogens is 493 g/mol. The van der Waals surface area contributed by atoms with Gasteiger partial charge in [-0.3, -0.25) is 9.48 Å². The summed E-state index contributed by atoms with van der Waals surface area (Å²) < 4.78 is 48.3. The van der Waals surface area contributed by atoms with Crippen molar-refractivity contribution in [3.8, 4) is 11.3 Å². The number of nitrogens with one attached hydrogen (secondary N) is 1. The normalized spacial score (nSPS) is 17.8. The maximum absolute atomic E-state index is 13.8. The molecule has 2 aliphatic heterocycles. The maximum Gasteiger partial charge on any atom is 0.419 e. The number of carbonyl (C=O) groups is 1. The van der Waals surface area contributed by atoms with E-state index >= 15 is 0 Å². The largest absolute Gasteiger partial charge is 0.419 e. The van der Waals surface area contributed by atoms with Crippen LogP contribution in [0.4, 0.5) is 30.5 Å². The average Bonchev–Trinajstić information content (AvgIpc) is 3.27. The van der Waals surface area contributed by atoms with Crippen molar-refractivity contribution in [1.29, 1.82) is 0 Å². The third-order valence-corrected chi connectivity index (χ3v) is 7.15. The number of thioether (sulfide) groups is 1. The van der Waals surface area contributed by atoms with Gasteiger partial charge in [0.15, 0.2) is 0 Å². The van der Waals surface area contributed by atoms with E-state index in [0.717, 1.165) is 36.2 Å². The Morgan fingerprint density at radius 2 is 1.86 bits per heavy atom. The number of alkyl halides is 3. The van der Waals surface area contributed by atoms with Crippen molar-refractivity contribution in [2.75, 3.05) is 41.5 Å². The van der Waals surface area contributed by atoms with Crippen molar-refractivity contribution >= 4 is 35.0 Å². The van der Waals surface area contributed by atoms with E-state index in [0.29, 0.717) is 31.9 Å². The highest BCUT2D eigenvalue weighted by molar-refractivity contribution is 7.99. The van der Waals surface area contributed by atoms with Gasteiger partial charge in [-0.1, -0.05) is 0 Å². The minimum atomic E-state index is -4.62. The zero-order valence-electron chi connectivity index (χ0n) is 19.4. The molecular formula is C24H25F3N6O2S. The molecule has 0 saturated carbocycles. The standard InChI is InChI=1S/C24H25F3N6O2S/c25-24(26,27)20-14-28-23(31-22(20)16-13-29-33(15-16)19-5-9-35-10-6-19)30-17-1-3-18(4-2-17)32-8-12-36-11-7-21(32)34/h1-4,13-15,19H,5-12H2,(H,28,30,31). The summed E-state index contributed by atoms with van der Waals surface area (Å²) in [5.41, 5.74) is 0.490. The van der Waals surface area contributed by atoms with E-state index in [9.17, 15) is 18.0 Å². The Kier molecular flexibility index (Phi) is 7.15. The van der Waals surface area contributed by atoms with E-state index in [-0.39, 0.29) is 29.2 Å². The van der Waals surface area contributed by atoms with Crippen LogP contribution in [-0.2, 0) is 15.7 Å². The first kappa shape index (κ1) is 24.6. The van der Waals surface area contributed by atoms with Crippen LogP contribution in [0.2, 0.25) is 0 Å². The van der Waals surface area contributed by atoms with Crippen LogP contribution in [0.1, 0.15) is 30.9 Å². The van der Waals surface area contributed by atoms with Crippen molar-refractivity contribution < 1.29 is 22.7 Å². The van der Waals surface area contributed by atoms with E-state index in [2.05, 4.69) is 20.4 Å². The first-order valence-electron chi connectivity index (χ1n) is 11.7. The van der Waals surface area contributed by atoms with Gasteiger partial charge >= 0.3 is 6.18 Å². The Bertz CT molecular complexity index is 1210. The number of benzene rings is 1. The van der Waals surface area contributed by atoms with Crippen LogP contribution in [-0.4, -0.2) is 56.9 Å². The molecule has 4 heterocycles. The second-order valence-corrected chi connectivity index (χ2v) is 9.81. The molecule has 3 aromatic rings. The molecule has 2 aliphatic rings. The highest BCUT2D eigenvalue weighted by atomic mass is 32.2. The third-order valence-electron chi connectivity index (χ3n) is 6.19. The predicted octanol–water partition coefficient (Wildman–Crippen LogP) is 4.92. The van der Waals surface area contributed by atoms with Crippen molar-refractivity contribution in [2.45, 2.75) is 31.5 Å². The fourth-order valence-corrected chi connectivity index (χ4v) is 5.12. The number of rotatable bonds is 5. The molecule has 5 rings (SSSR count). The molecule has 2 fully saturated rings. The van der Waals surface area contributed by atoms with E-state index in [1.165, 1.54) is 6.20 Å². The number of nitrogens with zero attached hydrogens (tertiary/aromatic N) is 5. The summed E-state index contributed by atoms with van der Waals surface area (Å²) in [6.45, 7) is 1.83. The zero-order chi connectivity index (χ0) is 25.1. The molecule has 0 aliphatic carbocycles. The summed E-state index contributed by atoms with van der Waals surface area (Å²) in [5, 5.41) is 7.27. The lowest BCUT2D eigenvalue weighted by Gasteiger charge is -2.22. The Morgan fingerprint density at radius 1 is 1.08 bits per heavy atom. The van der Waals surface area contributed by atoms with Gasteiger partial charge in [-0.15, -0.1) is 0 Å². The van der Waals surface area contributed by atoms with Crippen LogP contribution in [0.25, 0.3) is 11.3 Å². The number of amides is 1. The zero-order valence-corrected chi connectivity index (χ0v) is 20.2. The van der Waals surface area contributed by atoms with E-state index in [1.54, 1.807) is 51.8 Å². The summed E-state index contributed by atoms with van der Waals surface area (Å²) >= 11 is 1.75. The minimum Gasteiger partial charge on any atom is -0.381 e. The maximum atomic E-state index is 13.8. The number of carbonyl (C=O) groups excluding carboxylic acids is 1. The second-order valence-electron chi connectivity index (χ2n) is 8.59. The van der Waals surface area contributed by atoms with Crippen LogP contribution in [0.3, 0.4) is 0 Å². The summed E-state index contributed by atoms with van der Waals surface area (Å²) in [6, 6.07) is 7.20. The third kappa shape index (κ3) is 5.49. The molecule has 1 aromatic carbocycles. The van der Waals surface area contributed by atoms with Gasteiger partial charge in [-0.05, 0) is 37.1 Å². The SMILES string of the molecule is O=C1CCSCCN1c1ccc(Nc2ncc(C(F)(F)F)c(-c3cnn(C4CCOCC4)c3)n2)cc1. The molecule has 0 spiro atoms. The van der Waals surface area contributed by atoms with Gasteiger partial charge in [0.2, 0.25) is 11.9 Å². The molecule has 8 nitrogen and oxygen atoms in total.